The third kappa shape index (κ3) is 4.62. The summed E-state index contributed by atoms with van der Waals surface area (Å²) in [6, 6.07) is 5.59. The molecule has 9 heteroatoms. The van der Waals surface area contributed by atoms with E-state index in [9.17, 15) is 8.42 Å². The lowest BCUT2D eigenvalue weighted by atomic mass is 10.3. The van der Waals surface area contributed by atoms with Crippen molar-refractivity contribution in [1.29, 1.82) is 0 Å². The number of sulfonamides is 1. The molecule has 1 aliphatic carbocycles. The van der Waals surface area contributed by atoms with Crippen LogP contribution in [0, 0.1) is 6.92 Å². The van der Waals surface area contributed by atoms with Gasteiger partial charge in [-0.2, -0.15) is 0 Å². The van der Waals surface area contributed by atoms with Crippen molar-refractivity contribution in [2.75, 3.05) is 23.7 Å². The quantitative estimate of drug-likeness (QED) is 0.619. The molecule has 24 heavy (non-hydrogen) atoms. The van der Waals surface area contributed by atoms with Crippen LogP contribution in [0.4, 0.5) is 17.5 Å². The summed E-state index contributed by atoms with van der Waals surface area (Å²) in [6.07, 6.45) is 4.69. The topological polar surface area (TPSA) is 109 Å². The molecule has 0 aliphatic heterocycles. The van der Waals surface area contributed by atoms with Gasteiger partial charge in [0.05, 0.1) is 5.25 Å². The molecule has 1 aliphatic rings. The van der Waals surface area contributed by atoms with Crippen LogP contribution in [0.2, 0.25) is 0 Å². The van der Waals surface area contributed by atoms with Gasteiger partial charge in [-0.25, -0.2) is 28.1 Å². The largest absolute Gasteiger partial charge is 0.369 e. The molecule has 0 spiro atoms. The molecule has 0 unspecified atom stereocenters. The highest BCUT2D eigenvalue weighted by Gasteiger charge is 2.35. The van der Waals surface area contributed by atoms with E-state index in [4.69, 9.17) is 0 Å². The lowest BCUT2D eigenvalue weighted by Gasteiger charge is -2.09. The summed E-state index contributed by atoms with van der Waals surface area (Å²) >= 11 is 0. The van der Waals surface area contributed by atoms with Crippen LogP contribution in [-0.2, 0) is 10.0 Å². The van der Waals surface area contributed by atoms with Gasteiger partial charge in [0.2, 0.25) is 10.0 Å². The van der Waals surface area contributed by atoms with Gasteiger partial charge < -0.3 is 10.6 Å². The van der Waals surface area contributed by atoms with Crippen molar-refractivity contribution in [3.8, 4) is 0 Å². The van der Waals surface area contributed by atoms with E-state index < -0.39 is 10.0 Å². The zero-order valence-electron chi connectivity index (χ0n) is 13.4. The van der Waals surface area contributed by atoms with Gasteiger partial charge in [0, 0.05) is 25.4 Å². The summed E-state index contributed by atoms with van der Waals surface area (Å²) in [7, 11) is -3.14. The summed E-state index contributed by atoms with van der Waals surface area (Å²) in [6.45, 7) is 2.76. The van der Waals surface area contributed by atoms with Crippen molar-refractivity contribution < 1.29 is 8.42 Å². The summed E-state index contributed by atoms with van der Waals surface area (Å²) in [5.74, 6) is 1.94. The third-order valence-electron chi connectivity index (χ3n) is 3.54. The average Bonchev–Trinajstić information content (AvgIpc) is 3.37. The van der Waals surface area contributed by atoms with Gasteiger partial charge in [-0.05, 0) is 37.5 Å². The normalized spacial score (nSPS) is 14.4. The standard InChI is InChI=1S/C15H20N6O2S/c1-11-4-5-16-14(8-11)21-15-9-13(18-10-19-15)17-6-7-20-24(22,23)12-2-3-12/h4-5,8-10,12,20H,2-3,6-7H2,1H3,(H2,16,17,18,19,21). The van der Waals surface area contributed by atoms with Crippen LogP contribution in [0.25, 0.3) is 0 Å². The van der Waals surface area contributed by atoms with Crippen LogP contribution in [0.3, 0.4) is 0 Å². The highest BCUT2D eigenvalue weighted by molar-refractivity contribution is 7.90. The monoisotopic (exact) mass is 348 g/mol. The second-order valence-corrected chi connectivity index (χ2v) is 7.74. The number of aryl methyl sites for hydroxylation is 1. The molecule has 2 aromatic heterocycles. The SMILES string of the molecule is Cc1ccnc(Nc2cc(NCCNS(=O)(=O)C3CC3)ncn2)c1. The van der Waals surface area contributed by atoms with Crippen molar-refractivity contribution >= 4 is 27.5 Å². The highest BCUT2D eigenvalue weighted by Crippen LogP contribution is 2.27. The van der Waals surface area contributed by atoms with E-state index in [1.54, 1.807) is 12.3 Å². The molecular weight excluding hydrogens is 328 g/mol. The molecular formula is C15H20N6O2S. The number of hydrogen-bond acceptors (Lipinski definition) is 7. The Bertz CT molecular complexity index is 807. The van der Waals surface area contributed by atoms with E-state index >= 15 is 0 Å². The molecule has 3 rings (SSSR count). The Morgan fingerprint density at radius 3 is 2.58 bits per heavy atom. The Morgan fingerprint density at radius 1 is 1.08 bits per heavy atom. The van der Waals surface area contributed by atoms with Crippen molar-refractivity contribution in [1.82, 2.24) is 19.7 Å². The van der Waals surface area contributed by atoms with Gasteiger partial charge >= 0.3 is 0 Å². The Morgan fingerprint density at radius 2 is 1.83 bits per heavy atom. The fourth-order valence-corrected chi connectivity index (χ4v) is 3.52. The van der Waals surface area contributed by atoms with E-state index in [0.717, 1.165) is 18.4 Å². The van der Waals surface area contributed by atoms with Crippen LogP contribution in [-0.4, -0.2) is 41.7 Å². The highest BCUT2D eigenvalue weighted by atomic mass is 32.2. The minimum atomic E-state index is -3.14. The predicted octanol–water partition coefficient (Wildman–Crippen LogP) is 1.42. The van der Waals surface area contributed by atoms with Crippen LogP contribution in [0.1, 0.15) is 18.4 Å². The number of nitrogens with one attached hydrogen (secondary N) is 3. The van der Waals surface area contributed by atoms with E-state index in [-0.39, 0.29) is 5.25 Å². The number of nitrogens with zero attached hydrogens (tertiary/aromatic N) is 3. The predicted molar refractivity (Wildman–Crippen MR) is 92.7 cm³/mol. The van der Waals surface area contributed by atoms with Gasteiger partial charge in [-0.15, -0.1) is 0 Å². The Hall–Kier alpha value is -2.26. The van der Waals surface area contributed by atoms with Gasteiger partial charge in [-0.3, -0.25) is 0 Å². The van der Waals surface area contributed by atoms with Crippen molar-refractivity contribution in [3.05, 3.63) is 36.3 Å². The summed E-state index contributed by atoms with van der Waals surface area (Å²) in [4.78, 5) is 12.5. The van der Waals surface area contributed by atoms with E-state index in [1.165, 1.54) is 6.33 Å². The molecule has 1 saturated carbocycles. The minimum absolute atomic E-state index is 0.200. The Kier molecular flexibility index (Phi) is 4.91. The molecule has 0 bridgehead atoms. The van der Waals surface area contributed by atoms with Gasteiger partial charge in [0.25, 0.3) is 0 Å². The Balaban J connectivity index is 1.51. The zero-order chi connectivity index (χ0) is 17.0. The molecule has 0 saturated heterocycles. The first-order chi connectivity index (χ1) is 11.5. The first kappa shape index (κ1) is 16.6. The average molecular weight is 348 g/mol. The number of hydrogen-bond donors (Lipinski definition) is 3. The fraction of sp³-hybridized carbons (Fsp3) is 0.400. The zero-order valence-corrected chi connectivity index (χ0v) is 14.2. The van der Waals surface area contributed by atoms with Crippen molar-refractivity contribution in [3.63, 3.8) is 0 Å². The van der Waals surface area contributed by atoms with Gasteiger partial charge in [-0.1, -0.05) is 0 Å². The van der Waals surface area contributed by atoms with Crippen LogP contribution < -0.4 is 15.4 Å². The maximum absolute atomic E-state index is 11.7. The van der Waals surface area contributed by atoms with E-state index in [2.05, 4.69) is 30.3 Å². The lowest BCUT2D eigenvalue weighted by Crippen LogP contribution is -2.31. The summed E-state index contributed by atoms with van der Waals surface area (Å²) in [5, 5.41) is 5.99. The molecule has 1 fully saturated rings. The number of anilines is 3. The fourth-order valence-electron chi connectivity index (χ4n) is 2.14. The summed E-state index contributed by atoms with van der Waals surface area (Å²) in [5.41, 5.74) is 1.10. The second-order valence-electron chi connectivity index (χ2n) is 5.70. The maximum atomic E-state index is 11.7. The number of pyridine rings is 1. The molecule has 2 aromatic rings. The van der Waals surface area contributed by atoms with E-state index in [1.807, 2.05) is 19.1 Å². The van der Waals surface area contributed by atoms with Crippen LogP contribution in [0.15, 0.2) is 30.7 Å². The van der Waals surface area contributed by atoms with Crippen molar-refractivity contribution in [2.24, 2.45) is 0 Å². The molecule has 0 amide bonds. The smallest absolute Gasteiger partial charge is 0.214 e. The summed E-state index contributed by atoms with van der Waals surface area (Å²) < 4.78 is 26.0. The molecule has 0 atom stereocenters. The van der Waals surface area contributed by atoms with Crippen LogP contribution in [0.5, 0.6) is 0 Å². The number of rotatable bonds is 8. The molecule has 128 valence electrons. The minimum Gasteiger partial charge on any atom is -0.369 e. The second kappa shape index (κ2) is 7.10. The molecule has 8 nitrogen and oxygen atoms in total. The lowest BCUT2D eigenvalue weighted by molar-refractivity contribution is 0.581. The van der Waals surface area contributed by atoms with Gasteiger partial charge in [0.15, 0.2) is 0 Å². The van der Waals surface area contributed by atoms with Crippen LogP contribution >= 0.6 is 0 Å². The first-order valence-electron chi connectivity index (χ1n) is 7.77. The van der Waals surface area contributed by atoms with E-state index in [0.29, 0.717) is 30.5 Å². The van der Waals surface area contributed by atoms with Crippen molar-refractivity contribution in [2.45, 2.75) is 25.0 Å². The molecule has 0 aromatic carbocycles. The molecule has 3 N–H and O–H groups in total. The third-order valence-corrected chi connectivity index (χ3v) is 5.49. The van der Waals surface area contributed by atoms with Gasteiger partial charge in [0.1, 0.15) is 23.8 Å². The molecule has 0 radical (unpaired) electrons. The number of aromatic nitrogens is 3. The Labute approximate surface area is 141 Å². The molecule has 2 heterocycles. The first-order valence-corrected chi connectivity index (χ1v) is 9.32. The maximum Gasteiger partial charge on any atom is 0.214 e.